The Morgan fingerprint density at radius 2 is 2.23 bits per heavy atom. The second kappa shape index (κ2) is 6.05. The first-order valence-corrected chi connectivity index (χ1v) is 7.41. The Hall–Kier alpha value is -2.56. The van der Waals surface area contributed by atoms with Crippen LogP contribution in [0.3, 0.4) is 0 Å². The number of carbonyl (C=O) groups excluding carboxylic acids is 1. The number of hydrogen-bond acceptors (Lipinski definition) is 3. The maximum Gasteiger partial charge on any atom is 0.270 e. The number of amides is 1. The summed E-state index contributed by atoms with van der Waals surface area (Å²) < 4.78 is 7.11. The summed E-state index contributed by atoms with van der Waals surface area (Å²) in [7, 11) is 0. The van der Waals surface area contributed by atoms with Gasteiger partial charge in [-0.1, -0.05) is 0 Å². The largest absolute Gasteiger partial charge is 0.469 e. The van der Waals surface area contributed by atoms with Crippen LogP contribution in [-0.2, 0) is 6.42 Å². The normalized spacial score (nSPS) is 11.0. The standard InChI is InChI=1S/C17H19N3O2/c1-12-7-9-20-15(11-12)19-13(2)16(20)17(21)18-8-3-5-14-6-4-10-22-14/h4,6-7,9-11H,3,5,8H2,1-2H3,(H,18,21). The fraction of sp³-hybridized carbons (Fsp3) is 0.294. The van der Waals surface area contributed by atoms with Gasteiger partial charge in [-0.05, 0) is 50.1 Å². The number of rotatable bonds is 5. The van der Waals surface area contributed by atoms with Crippen molar-refractivity contribution in [1.29, 1.82) is 0 Å². The molecule has 0 bridgehead atoms. The summed E-state index contributed by atoms with van der Waals surface area (Å²) in [5.74, 6) is 0.851. The molecule has 0 saturated heterocycles. The van der Waals surface area contributed by atoms with Gasteiger partial charge in [0.1, 0.15) is 17.1 Å². The lowest BCUT2D eigenvalue weighted by atomic mass is 10.2. The van der Waals surface area contributed by atoms with Crippen LogP contribution in [0.4, 0.5) is 0 Å². The molecule has 0 saturated carbocycles. The number of hydrogen-bond donors (Lipinski definition) is 1. The smallest absolute Gasteiger partial charge is 0.270 e. The minimum Gasteiger partial charge on any atom is -0.469 e. The summed E-state index contributed by atoms with van der Waals surface area (Å²) in [6.07, 6.45) is 5.22. The lowest BCUT2D eigenvalue weighted by molar-refractivity contribution is 0.0946. The lowest BCUT2D eigenvalue weighted by Gasteiger charge is -2.05. The fourth-order valence-electron chi connectivity index (χ4n) is 2.54. The highest BCUT2D eigenvalue weighted by Gasteiger charge is 2.16. The molecule has 3 heterocycles. The number of imidazole rings is 1. The zero-order chi connectivity index (χ0) is 15.5. The number of fused-ring (bicyclic) bond motifs is 1. The van der Waals surface area contributed by atoms with Gasteiger partial charge in [-0.15, -0.1) is 0 Å². The summed E-state index contributed by atoms with van der Waals surface area (Å²) in [4.78, 5) is 16.8. The van der Waals surface area contributed by atoms with Crippen LogP contribution < -0.4 is 5.32 Å². The average molecular weight is 297 g/mol. The molecule has 3 aromatic heterocycles. The lowest BCUT2D eigenvalue weighted by Crippen LogP contribution is -2.26. The molecule has 0 unspecified atom stereocenters. The third-order valence-corrected chi connectivity index (χ3v) is 3.64. The van der Waals surface area contributed by atoms with Crippen LogP contribution in [0.5, 0.6) is 0 Å². The molecule has 5 heteroatoms. The first kappa shape index (κ1) is 14.4. The SMILES string of the molecule is Cc1ccn2c(C(=O)NCCCc3ccco3)c(C)nc2c1. The van der Waals surface area contributed by atoms with Crippen LogP contribution in [0, 0.1) is 13.8 Å². The van der Waals surface area contributed by atoms with Crippen LogP contribution in [-0.4, -0.2) is 21.8 Å². The highest BCUT2D eigenvalue weighted by molar-refractivity contribution is 5.94. The molecule has 0 aliphatic heterocycles. The van der Waals surface area contributed by atoms with Crippen LogP contribution in [0.1, 0.15) is 33.9 Å². The van der Waals surface area contributed by atoms with Crippen LogP contribution in [0.15, 0.2) is 41.1 Å². The second-order valence-corrected chi connectivity index (χ2v) is 5.42. The average Bonchev–Trinajstić information content (AvgIpc) is 3.09. The quantitative estimate of drug-likeness (QED) is 0.737. The maximum atomic E-state index is 12.4. The van der Waals surface area contributed by atoms with Gasteiger partial charge in [0.25, 0.3) is 5.91 Å². The molecule has 1 amide bonds. The summed E-state index contributed by atoms with van der Waals surface area (Å²) >= 11 is 0. The Balaban J connectivity index is 1.66. The predicted molar refractivity (Wildman–Crippen MR) is 84.0 cm³/mol. The van der Waals surface area contributed by atoms with Gasteiger partial charge in [0.05, 0.1) is 12.0 Å². The van der Waals surface area contributed by atoms with Crippen molar-refractivity contribution in [2.24, 2.45) is 0 Å². The Morgan fingerprint density at radius 1 is 1.36 bits per heavy atom. The number of carbonyl (C=O) groups is 1. The van der Waals surface area contributed by atoms with Gasteiger partial charge in [-0.2, -0.15) is 0 Å². The Kier molecular flexibility index (Phi) is 3.96. The molecule has 1 N–H and O–H groups in total. The number of aryl methyl sites for hydroxylation is 3. The number of furan rings is 1. The minimum absolute atomic E-state index is 0.0895. The maximum absolute atomic E-state index is 12.4. The predicted octanol–water partition coefficient (Wildman–Crippen LogP) is 2.91. The molecule has 0 aliphatic carbocycles. The van der Waals surface area contributed by atoms with E-state index in [1.54, 1.807) is 6.26 Å². The van der Waals surface area contributed by atoms with Crippen molar-refractivity contribution in [1.82, 2.24) is 14.7 Å². The number of aromatic nitrogens is 2. The van der Waals surface area contributed by atoms with E-state index in [1.807, 2.05) is 48.7 Å². The molecule has 22 heavy (non-hydrogen) atoms. The molecule has 114 valence electrons. The van der Waals surface area contributed by atoms with E-state index in [9.17, 15) is 4.79 Å². The van der Waals surface area contributed by atoms with E-state index in [1.165, 1.54) is 0 Å². The van der Waals surface area contributed by atoms with E-state index in [4.69, 9.17) is 4.42 Å². The van der Waals surface area contributed by atoms with Gasteiger partial charge in [0.15, 0.2) is 0 Å². The van der Waals surface area contributed by atoms with Crippen molar-refractivity contribution < 1.29 is 9.21 Å². The van der Waals surface area contributed by atoms with Crippen molar-refractivity contribution in [3.63, 3.8) is 0 Å². The minimum atomic E-state index is -0.0895. The van der Waals surface area contributed by atoms with Gasteiger partial charge in [0.2, 0.25) is 0 Å². The van der Waals surface area contributed by atoms with Gasteiger partial charge < -0.3 is 9.73 Å². The molecular formula is C17H19N3O2. The Bertz CT molecular complexity index is 788. The molecule has 5 nitrogen and oxygen atoms in total. The van der Waals surface area contributed by atoms with Gasteiger partial charge in [-0.3, -0.25) is 9.20 Å². The van der Waals surface area contributed by atoms with E-state index in [0.29, 0.717) is 12.2 Å². The van der Waals surface area contributed by atoms with E-state index in [0.717, 1.165) is 35.5 Å². The topological polar surface area (TPSA) is 59.5 Å². The monoisotopic (exact) mass is 297 g/mol. The zero-order valence-corrected chi connectivity index (χ0v) is 12.8. The summed E-state index contributed by atoms with van der Waals surface area (Å²) in [6, 6.07) is 7.76. The molecule has 3 aromatic rings. The van der Waals surface area contributed by atoms with Gasteiger partial charge >= 0.3 is 0 Å². The Morgan fingerprint density at radius 3 is 3.00 bits per heavy atom. The van der Waals surface area contributed by atoms with Crippen molar-refractivity contribution >= 4 is 11.6 Å². The van der Waals surface area contributed by atoms with E-state index < -0.39 is 0 Å². The van der Waals surface area contributed by atoms with Crippen molar-refractivity contribution in [2.45, 2.75) is 26.7 Å². The highest BCUT2D eigenvalue weighted by atomic mass is 16.3. The van der Waals surface area contributed by atoms with Gasteiger partial charge in [0, 0.05) is 19.2 Å². The van der Waals surface area contributed by atoms with Gasteiger partial charge in [-0.25, -0.2) is 4.98 Å². The van der Waals surface area contributed by atoms with Crippen LogP contribution in [0.2, 0.25) is 0 Å². The zero-order valence-electron chi connectivity index (χ0n) is 12.8. The molecule has 0 aromatic carbocycles. The molecule has 0 fully saturated rings. The summed E-state index contributed by atoms with van der Waals surface area (Å²) in [5.41, 5.74) is 3.28. The van der Waals surface area contributed by atoms with Crippen molar-refractivity contribution in [3.8, 4) is 0 Å². The molecule has 0 aliphatic rings. The van der Waals surface area contributed by atoms with Crippen molar-refractivity contribution in [3.05, 3.63) is 59.4 Å². The fourth-order valence-corrected chi connectivity index (χ4v) is 2.54. The summed E-state index contributed by atoms with van der Waals surface area (Å²) in [5, 5.41) is 2.95. The van der Waals surface area contributed by atoms with E-state index >= 15 is 0 Å². The highest BCUT2D eigenvalue weighted by Crippen LogP contribution is 2.13. The Labute approximate surface area is 129 Å². The molecule has 3 rings (SSSR count). The molecule has 0 atom stereocenters. The van der Waals surface area contributed by atoms with Crippen LogP contribution in [0.25, 0.3) is 5.65 Å². The number of pyridine rings is 1. The molecule has 0 radical (unpaired) electrons. The third kappa shape index (κ3) is 2.88. The molecule has 0 spiro atoms. The third-order valence-electron chi connectivity index (χ3n) is 3.64. The first-order valence-electron chi connectivity index (χ1n) is 7.41. The van der Waals surface area contributed by atoms with Crippen molar-refractivity contribution in [2.75, 3.05) is 6.54 Å². The van der Waals surface area contributed by atoms with Crippen LogP contribution >= 0.6 is 0 Å². The number of nitrogens with one attached hydrogen (secondary N) is 1. The van der Waals surface area contributed by atoms with E-state index in [2.05, 4.69) is 10.3 Å². The second-order valence-electron chi connectivity index (χ2n) is 5.42. The number of nitrogens with zero attached hydrogens (tertiary/aromatic N) is 2. The molecular weight excluding hydrogens is 278 g/mol. The summed E-state index contributed by atoms with van der Waals surface area (Å²) in [6.45, 7) is 4.48. The van der Waals surface area contributed by atoms with E-state index in [-0.39, 0.29) is 5.91 Å². The first-order chi connectivity index (χ1) is 10.6.